The van der Waals surface area contributed by atoms with Gasteiger partial charge in [0.15, 0.2) is 6.10 Å². The van der Waals surface area contributed by atoms with Crippen molar-refractivity contribution in [2.75, 3.05) is 13.2 Å². The monoisotopic (exact) mass is 981 g/mol. The molecule has 0 aromatic rings. The fourth-order valence-electron chi connectivity index (χ4n) is 8.90. The van der Waals surface area contributed by atoms with E-state index in [0.29, 0.717) is 19.3 Å². The van der Waals surface area contributed by atoms with Gasteiger partial charge in [0.05, 0.1) is 0 Å². The molecule has 0 heterocycles. The topological polar surface area (TPSA) is 78.9 Å². The zero-order chi connectivity index (χ0) is 50.7. The van der Waals surface area contributed by atoms with E-state index in [1.165, 1.54) is 193 Å². The van der Waals surface area contributed by atoms with Crippen LogP contribution in [0.1, 0.15) is 323 Å². The minimum absolute atomic E-state index is 0.0777. The van der Waals surface area contributed by atoms with Gasteiger partial charge in [0, 0.05) is 19.3 Å². The highest BCUT2D eigenvalue weighted by molar-refractivity contribution is 5.71. The largest absolute Gasteiger partial charge is 0.462 e. The van der Waals surface area contributed by atoms with Gasteiger partial charge >= 0.3 is 17.9 Å². The summed E-state index contributed by atoms with van der Waals surface area (Å²) >= 11 is 0. The first-order valence-corrected chi connectivity index (χ1v) is 30.6. The van der Waals surface area contributed by atoms with E-state index < -0.39 is 6.10 Å². The Hall–Kier alpha value is -2.63. The van der Waals surface area contributed by atoms with E-state index in [-0.39, 0.29) is 31.1 Å². The molecule has 0 aromatic carbocycles. The molecule has 70 heavy (non-hydrogen) atoms. The zero-order valence-electron chi connectivity index (χ0n) is 46.8. The minimum atomic E-state index is -0.782. The first kappa shape index (κ1) is 67.4. The summed E-state index contributed by atoms with van der Waals surface area (Å²) in [5.41, 5.74) is 0. The number of allylic oxidation sites excluding steroid dienone is 8. The number of ether oxygens (including phenoxy) is 3. The Kier molecular flexibility index (Phi) is 56.7. The molecule has 1 unspecified atom stereocenters. The van der Waals surface area contributed by atoms with Gasteiger partial charge in [-0.25, -0.2) is 0 Å². The average molecular weight is 982 g/mol. The van der Waals surface area contributed by atoms with Crippen molar-refractivity contribution in [3.8, 4) is 0 Å². The van der Waals surface area contributed by atoms with E-state index in [4.69, 9.17) is 14.2 Å². The van der Waals surface area contributed by atoms with Gasteiger partial charge in [-0.05, 0) is 77.0 Å². The summed E-state index contributed by atoms with van der Waals surface area (Å²) in [6.45, 7) is 6.61. The second-order valence-corrected chi connectivity index (χ2v) is 20.6. The first-order chi connectivity index (χ1) is 34.5. The van der Waals surface area contributed by atoms with Crippen molar-refractivity contribution in [3.05, 3.63) is 48.6 Å². The highest BCUT2D eigenvalue weighted by atomic mass is 16.6. The van der Waals surface area contributed by atoms with Crippen molar-refractivity contribution in [1.82, 2.24) is 0 Å². The van der Waals surface area contributed by atoms with Crippen LogP contribution in [0.3, 0.4) is 0 Å². The molecule has 1 atom stereocenters. The molecule has 0 rings (SSSR count). The van der Waals surface area contributed by atoms with Gasteiger partial charge in [0.2, 0.25) is 0 Å². The zero-order valence-corrected chi connectivity index (χ0v) is 46.8. The van der Waals surface area contributed by atoms with Crippen LogP contribution in [-0.2, 0) is 28.6 Å². The van der Waals surface area contributed by atoms with Crippen LogP contribution in [0.4, 0.5) is 0 Å². The molecule has 0 fully saturated rings. The molecule has 0 saturated carbocycles. The van der Waals surface area contributed by atoms with Crippen molar-refractivity contribution in [2.24, 2.45) is 0 Å². The summed E-state index contributed by atoms with van der Waals surface area (Å²) < 4.78 is 16.9. The van der Waals surface area contributed by atoms with E-state index in [0.717, 1.165) is 89.9 Å². The van der Waals surface area contributed by atoms with Crippen LogP contribution < -0.4 is 0 Å². The third-order valence-electron chi connectivity index (χ3n) is 13.6. The maximum atomic E-state index is 12.9. The standard InChI is InChI=1S/C64H116O6/c1-4-7-10-13-16-19-22-25-28-30-32-33-35-36-39-42-45-48-51-54-57-63(66)69-60-61(59-68-62(65)56-53-50-47-44-41-38-27-24-21-18-15-12-9-6-3)70-64(67)58-55-52-49-46-43-40-37-34-31-29-26-23-20-17-14-11-8-5-2/h15,18,20,23-24,27,29,31,61H,4-14,16-17,19,21-22,25-26,28,30,32-60H2,1-3H3/b18-15-,23-20-,27-24-,31-29-. The van der Waals surface area contributed by atoms with Crippen LogP contribution in [0, 0.1) is 0 Å². The lowest BCUT2D eigenvalue weighted by Crippen LogP contribution is -2.30. The van der Waals surface area contributed by atoms with Crippen LogP contribution >= 0.6 is 0 Å². The van der Waals surface area contributed by atoms with Gasteiger partial charge in [-0.2, -0.15) is 0 Å². The molecule has 6 nitrogen and oxygen atoms in total. The SMILES string of the molecule is CCCC/C=C\C/C=C\CCCCCCCC(=O)OCC(COC(=O)CCCCCCCCCCCCCCCCCCCCCC)OC(=O)CCCCCCCCC/C=C\C/C=C\CCCCCC. The number of unbranched alkanes of at least 4 members (excludes halogenated alkanes) is 37. The van der Waals surface area contributed by atoms with Crippen molar-refractivity contribution >= 4 is 17.9 Å². The van der Waals surface area contributed by atoms with Gasteiger partial charge in [0.25, 0.3) is 0 Å². The third-order valence-corrected chi connectivity index (χ3v) is 13.6. The van der Waals surface area contributed by atoms with E-state index in [1.807, 2.05) is 0 Å². The van der Waals surface area contributed by atoms with Gasteiger partial charge in [-0.15, -0.1) is 0 Å². The van der Waals surface area contributed by atoms with E-state index in [2.05, 4.69) is 69.4 Å². The highest BCUT2D eigenvalue weighted by Gasteiger charge is 2.19. The van der Waals surface area contributed by atoms with Crippen molar-refractivity contribution in [3.63, 3.8) is 0 Å². The highest BCUT2D eigenvalue weighted by Crippen LogP contribution is 2.17. The normalized spacial score (nSPS) is 12.3. The molecule has 0 aliphatic rings. The number of hydrogen-bond donors (Lipinski definition) is 0. The van der Waals surface area contributed by atoms with Crippen LogP contribution in [-0.4, -0.2) is 37.2 Å². The summed E-state index contributed by atoms with van der Waals surface area (Å²) in [6.07, 6.45) is 72.5. The molecule has 0 bridgehead atoms. The van der Waals surface area contributed by atoms with Gasteiger partial charge in [0.1, 0.15) is 13.2 Å². The Labute approximate surface area is 435 Å². The Morgan fingerprint density at radius 2 is 0.529 bits per heavy atom. The molecule has 0 aromatic heterocycles. The Balaban J connectivity index is 4.34. The minimum Gasteiger partial charge on any atom is -0.462 e. The summed E-state index contributed by atoms with van der Waals surface area (Å²) in [6, 6.07) is 0. The molecular weight excluding hydrogens is 865 g/mol. The van der Waals surface area contributed by atoms with E-state index in [9.17, 15) is 14.4 Å². The Bertz CT molecular complexity index is 1220. The van der Waals surface area contributed by atoms with Gasteiger partial charge in [-0.3, -0.25) is 14.4 Å². The molecule has 0 saturated heterocycles. The van der Waals surface area contributed by atoms with Gasteiger partial charge < -0.3 is 14.2 Å². The van der Waals surface area contributed by atoms with Crippen molar-refractivity contribution in [2.45, 2.75) is 329 Å². The second kappa shape index (κ2) is 58.9. The summed E-state index contributed by atoms with van der Waals surface area (Å²) in [4.78, 5) is 38.2. The number of carbonyl (C=O) groups excluding carboxylic acids is 3. The first-order valence-electron chi connectivity index (χ1n) is 30.6. The number of hydrogen-bond acceptors (Lipinski definition) is 6. The Morgan fingerprint density at radius 1 is 0.286 bits per heavy atom. The maximum absolute atomic E-state index is 12.9. The quantitative estimate of drug-likeness (QED) is 0.0261. The molecule has 0 aliphatic carbocycles. The summed E-state index contributed by atoms with van der Waals surface area (Å²) in [7, 11) is 0. The second-order valence-electron chi connectivity index (χ2n) is 20.6. The average Bonchev–Trinajstić information content (AvgIpc) is 3.36. The Morgan fingerprint density at radius 3 is 0.843 bits per heavy atom. The van der Waals surface area contributed by atoms with Crippen molar-refractivity contribution in [1.29, 1.82) is 0 Å². The molecule has 0 spiro atoms. The molecule has 0 N–H and O–H groups in total. The fraction of sp³-hybridized carbons (Fsp3) is 0.828. The number of carbonyl (C=O) groups is 3. The smallest absolute Gasteiger partial charge is 0.306 e. The molecule has 0 radical (unpaired) electrons. The van der Waals surface area contributed by atoms with Crippen molar-refractivity contribution < 1.29 is 28.6 Å². The van der Waals surface area contributed by atoms with Crippen LogP contribution in [0.2, 0.25) is 0 Å². The lowest BCUT2D eigenvalue weighted by Gasteiger charge is -2.18. The maximum Gasteiger partial charge on any atom is 0.306 e. The molecule has 0 aliphatic heterocycles. The predicted octanol–water partition coefficient (Wildman–Crippen LogP) is 20.6. The molecule has 408 valence electrons. The molecule has 0 amide bonds. The molecular formula is C64H116O6. The molecule has 6 heteroatoms. The lowest BCUT2D eigenvalue weighted by molar-refractivity contribution is -0.167. The third kappa shape index (κ3) is 56.3. The number of rotatable bonds is 56. The van der Waals surface area contributed by atoms with Gasteiger partial charge in [-0.1, -0.05) is 275 Å². The van der Waals surface area contributed by atoms with E-state index >= 15 is 0 Å². The summed E-state index contributed by atoms with van der Waals surface area (Å²) in [5, 5.41) is 0. The van der Waals surface area contributed by atoms with Crippen LogP contribution in [0.25, 0.3) is 0 Å². The summed E-state index contributed by atoms with van der Waals surface area (Å²) in [5.74, 6) is -0.882. The fourth-order valence-corrected chi connectivity index (χ4v) is 8.90. The lowest BCUT2D eigenvalue weighted by atomic mass is 10.0. The predicted molar refractivity (Wildman–Crippen MR) is 302 cm³/mol. The van der Waals surface area contributed by atoms with E-state index in [1.54, 1.807) is 0 Å². The van der Waals surface area contributed by atoms with Crippen LogP contribution in [0.15, 0.2) is 48.6 Å². The number of esters is 3. The van der Waals surface area contributed by atoms with Crippen LogP contribution in [0.5, 0.6) is 0 Å².